The number of amides is 2. The Kier molecular flexibility index (Phi) is 12.1. The molecule has 0 saturated heterocycles. The van der Waals surface area contributed by atoms with Gasteiger partial charge in [-0.15, -0.1) is 11.3 Å². The van der Waals surface area contributed by atoms with Crippen molar-refractivity contribution < 1.29 is 19.1 Å². The van der Waals surface area contributed by atoms with Gasteiger partial charge in [0.05, 0.1) is 18.5 Å². The average Bonchev–Trinajstić information content (AvgIpc) is 3.57. The van der Waals surface area contributed by atoms with E-state index in [0.717, 1.165) is 35.1 Å². The zero-order chi connectivity index (χ0) is 33.6. The highest BCUT2D eigenvalue weighted by atomic mass is 32.1. The molecule has 0 aliphatic heterocycles. The zero-order valence-electron chi connectivity index (χ0n) is 26.9. The number of unbranched alkanes of at least 4 members (excludes halogenated alkanes) is 1. The first-order valence-corrected chi connectivity index (χ1v) is 17.0. The number of ether oxygens (including phenoxy) is 1. The molecule has 8 nitrogen and oxygen atoms in total. The molecule has 3 N–H and O–H groups in total. The first kappa shape index (κ1) is 34.1. The number of rotatable bonds is 16. The Morgan fingerprint density at radius 1 is 0.792 bits per heavy atom. The third-order valence-electron chi connectivity index (χ3n) is 7.90. The number of hydrogen-bond donors (Lipinski definition) is 3. The Hall–Kier alpha value is -5.28. The molecule has 1 atom stereocenters. The van der Waals surface area contributed by atoms with Crippen LogP contribution in [-0.4, -0.2) is 35.4 Å². The summed E-state index contributed by atoms with van der Waals surface area (Å²) in [4.78, 5) is 43.8. The lowest BCUT2D eigenvalue weighted by atomic mass is 9.77. The van der Waals surface area contributed by atoms with E-state index in [4.69, 9.17) is 9.72 Å². The number of anilines is 1. The van der Waals surface area contributed by atoms with Crippen LogP contribution in [-0.2, 0) is 37.7 Å². The molecule has 2 amide bonds. The zero-order valence-corrected chi connectivity index (χ0v) is 27.7. The Labute approximate surface area is 285 Å². The summed E-state index contributed by atoms with van der Waals surface area (Å²) in [6, 6.07) is 38.8. The predicted octanol–water partition coefficient (Wildman–Crippen LogP) is 6.62. The van der Waals surface area contributed by atoms with Crippen molar-refractivity contribution in [2.75, 3.05) is 11.9 Å². The van der Waals surface area contributed by atoms with E-state index in [1.165, 1.54) is 11.3 Å². The average molecular weight is 661 g/mol. The van der Waals surface area contributed by atoms with Gasteiger partial charge in [0.2, 0.25) is 11.8 Å². The largest absolute Gasteiger partial charge is 0.461 e. The SMILES string of the molecule is CCCCNC(=O)[C@H](CC(=O)OCc1ccccc1)NC(=O)Cc1csc(NC(c2ccccc2)(c2ccccc2)c2ccccc2)n1. The van der Waals surface area contributed by atoms with E-state index in [1.54, 1.807) is 0 Å². The Bertz CT molecular complexity index is 1650. The summed E-state index contributed by atoms with van der Waals surface area (Å²) in [5.74, 6) is -1.42. The molecule has 0 spiro atoms. The maximum atomic E-state index is 13.3. The monoisotopic (exact) mass is 660 g/mol. The molecule has 0 aliphatic rings. The number of nitrogens with zero attached hydrogens (tertiary/aromatic N) is 1. The van der Waals surface area contributed by atoms with Gasteiger partial charge in [0.1, 0.15) is 18.2 Å². The number of hydrogen-bond acceptors (Lipinski definition) is 7. The van der Waals surface area contributed by atoms with E-state index in [9.17, 15) is 14.4 Å². The molecular weight excluding hydrogens is 621 g/mol. The van der Waals surface area contributed by atoms with Gasteiger partial charge < -0.3 is 20.7 Å². The smallest absolute Gasteiger partial charge is 0.308 e. The van der Waals surface area contributed by atoms with Crippen molar-refractivity contribution in [3.8, 4) is 0 Å². The highest BCUT2D eigenvalue weighted by molar-refractivity contribution is 7.13. The molecule has 9 heteroatoms. The van der Waals surface area contributed by atoms with Crippen LogP contribution in [0.15, 0.2) is 127 Å². The molecule has 0 aliphatic carbocycles. The van der Waals surface area contributed by atoms with Gasteiger partial charge in [0.15, 0.2) is 5.13 Å². The summed E-state index contributed by atoms with van der Waals surface area (Å²) >= 11 is 1.40. The van der Waals surface area contributed by atoms with Crippen LogP contribution >= 0.6 is 11.3 Å². The van der Waals surface area contributed by atoms with E-state index in [-0.39, 0.29) is 19.4 Å². The summed E-state index contributed by atoms with van der Waals surface area (Å²) < 4.78 is 5.40. The predicted molar refractivity (Wildman–Crippen MR) is 189 cm³/mol. The minimum absolute atomic E-state index is 0.0645. The molecule has 0 unspecified atom stereocenters. The van der Waals surface area contributed by atoms with Crippen LogP contribution in [0.4, 0.5) is 5.13 Å². The third kappa shape index (κ3) is 8.95. The fraction of sp³-hybridized carbons (Fsp3) is 0.231. The highest BCUT2D eigenvalue weighted by Gasteiger charge is 2.37. The summed E-state index contributed by atoms with van der Waals surface area (Å²) in [6.45, 7) is 2.56. The summed E-state index contributed by atoms with van der Waals surface area (Å²) in [7, 11) is 0. The number of nitrogens with one attached hydrogen (secondary N) is 3. The molecule has 0 saturated carbocycles. The van der Waals surface area contributed by atoms with Gasteiger partial charge in [0, 0.05) is 11.9 Å². The van der Waals surface area contributed by atoms with E-state index in [2.05, 4.69) is 52.3 Å². The molecule has 0 radical (unpaired) electrons. The Morgan fingerprint density at radius 2 is 1.33 bits per heavy atom. The van der Waals surface area contributed by atoms with Crippen molar-refractivity contribution in [1.29, 1.82) is 0 Å². The van der Waals surface area contributed by atoms with Gasteiger partial charge in [-0.05, 0) is 28.7 Å². The van der Waals surface area contributed by atoms with E-state index in [1.807, 2.05) is 97.2 Å². The van der Waals surface area contributed by atoms with Crippen molar-refractivity contribution in [2.45, 2.75) is 50.8 Å². The lowest BCUT2D eigenvalue weighted by molar-refractivity contribution is -0.147. The first-order chi connectivity index (χ1) is 23.5. The maximum absolute atomic E-state index is 13.3. The van der Waals surface area contributed by atoms with E-state index in [0.29, 0.717) is 17.4 Å². The fourth-order valence-electron chi connectivity index (χ4n) is 5.48. The molecule has 5 aromatic rings. The van der Waals surface area contributed by atoms with Crippen LogP contribution in [0.5, 0.6) is 0 Å². The molecule has 1 heterocycles. The minimum atomic E-state index is -1.07. The maximum Gasteiger partial charge on any atom is 0.308 e. The normalized spacial score (nSPS) is 11.7. The second-order valence-electron chi connectivity index (χ2n) is 11.4. The molecule has 246 valence electrons. The van der Waals surface area contributed by atoms with Crippen molar-refractivity contribution in [1.82, 2.24) is 15.6 Å². The van der Waals surface area contributed by atoms with Gasteiger partial charge in [-0.2, -0.15) is 0 Å². The van der Waals surface area contributed by atoms with Gasteiger partial charge in [-0.3, -0.25) is 14.4 Å². The molecule has 0 fully saturated rings. The number of thiazole rings is 1. The van der Waals surface area contributed by atoms with Crippen molar-refractivity contribution in [2.24, 2.45) is 0 Å². The van der Waals surface area contributed by atoms with Crippen molar-refractivity contribution >= 4 is 34.3 Å². The molecule has 0 bridgehead atoms. The quantitative estimate of drug-likeness (QED) is 0.0624. The van der Waals surface area contributed by atoms with Crippen LogP contribution in [0.2, 0.25) is 0 Å². The lowest BCUT2D eigenvalue weighted by Gasteiger charge is -2.36. The van der Waals surface area contributed by atoms with Crippen LogP contribution < -0.4 is 16.0 Å². The topological polar surface area (TPSA) is 109 Å². The van der Waals surface area contributed by atoms with Crippen LogP contribution in [0.25, 0.3) is 0 Å². The summed E-state index contributed by atoms with van der Waals surface area (Å²) in [5.41, 5.74) is 3.72. The number of carbonyl (C=O) groups is 3. The standard InChI is InChI=1S/C39H40N4O4S/c1-2-3-24-40-37(46)34(26-36(45)47-27-29-16-8-4-9-17-29)42-35(44)25-33-28-48-38(41-33)43-39(30-18-10-5-11-19-30,31-20-12-6-13-21-31)32-22-14-7-15-23-32/h4-23,28,34H,2-3,24-27H2,1H3,(H,40,46)(H,41,43)(H,42,44)/t34-/m0/s1. The van der Waals surface area contributed by atoms with Crippen molar-refractivity contribution in [3.05, 3.63) is 155 Å². The van der Waals surface area contributed by atoms with Crippen LogP contribution in [0.3, 0.4) is 0 Å². The third-order valence-corrected chi connectivity index (χ3v) is 8.71. The van der Waals surface area contributed by atoms with E-state index < -0.39 is 29.4 Å². The minimum Gasteiger partial charge on any atom is -0.461 e. The van der Waals surface area contributed by atoms with Gasteiger partial charge in [-0.1, -0.05) is 135 Å². The molecule has 4 aromatic carbocycles. The Morgan fingerprint density at radius 3 is 1.88 bits per heavy atom. The van der Waals surface area contributed by atoms with Crippen LogP contribution in [0, 0.1) is 0 Å². The molecular formula is C39H40N4O4S. The molecule has 48 heavy (non-hydrogen) atoms. The van der Waals surface area contributed by atoms with E-state index >= 15 is 0 Å². The van der Waals surface area contributed by atoms with Gasteiger partial charge >= 0.3 is 5.97 Å². The lowest BCUT2D eigenvalue weighted by Crippen LogP contribution is -2.48. The number of carbonyl (C=O) groups excluding carboxylic acids is 3. The number of esters is 1. The molecule has 1 aromatic heterocycles. The fourth-order valence-corrected chi connectivity index (χ4v) is 6.25. The van der Waals surface area contributed by atoms with Crippen molar-refractivity contribution in [3.63, 3.8) is 0 Å². The Balaban J connectivity index is 1.32. The molecule has 5 rings (SSSR count). The second-order valence-corrected chi connectivity index (χ2v) is 12.3. The van der Waals surface area contributed by atoms with Gasteiger partial charge in [0.25, 0.3) is 0 Å². The number of benzene rings is 4. The first-order valence-electron chi connectivity index (χ1n) is 16.1. The van der Waals surface area contributed by atoms with Crippen LogP contribution in [0.1, 0.15) is 54.1 Å². The highest BCUT2D eigenvalue weighted by Crippen LogP contribution is 2.40. The number of aromatic nitrogens is 1. The summed E-state index contributed by atoms with van der Waals surface area (Å²) in [5, 5.41) is 11.8. The summed E-state index contributed by atoms with van der Waals surface area (Å²) in [6.07, 6.45) is 1.34. The second kappa shape index (κ2) is 17.0. The van der Waals surface area contributed by atoms with Gasteiger partial charge in [-0.25, -0.2) is 4.98 Å².